The standard InChI is InChI=1S/C47H33NS/c1-47(2)38-22-8-5-18-36(38)46-39(47)23-13-26-42(46)48(40-24-9-6-17-33(40)32-20-11-15-30-14-3-4-16-31(30)32)41-25-12-21-35-34(41)28-29-44-45(35)37-19-7-10-27-43(37)49-44/h3-29H,1-2H3. The van der Waals surface area contributed by atoms with Crippen LogP contribution in [0.1, 0.15) is 25.0 Å². The fourth-order valence-electron chi connectivity index (χ4n) is 8.43. The van der Waals surface area contributed by atoms with Crippen molar-refractivity contribution in [2.24, 2.45) is 0 Å². The Bertz CT molecular complexity index is 2760. The Kier molecular flexibility index (Phi) is 6.16. The zero-order chi connectivity index (χ0) is 32.7. The molecule has 0 saturated carbocycles. The summed E-state index contributed by atoms with van der Waals surface area (Å²) in [6, 6.07) is 60.6. The predicted molar refractivity (Wildman–Crippen MR) is 212 cm³/mol. The number of hydrogen-bond acceptors (Lipinski definition) is 2. The Hall–Kier alpha value is -5.70. The molecule has 8 aromatic carbocycles. The summed E-state index contributed by atoms with van der Waals surface area (Å²) in [4.78, 5) is 2.55. The minimum Gasteiger partial charge on any atom is -0.309 e. The Morgan fingerprint density at radius 3 is 1.94 bits per heavy atom. The first-order valence-electron chi connectivity index (χ1n) is 17.0. The number of fused-ring (bicyclic) bond motifs is 9. The number of thiophene rings is 1. The van der Waals surface area contributed by atoms with Gasteiger partial charge in [-0.2, -0.15) is 0 Å². The largest absolute Gasteiger partial charge is 0.309 e. The quantitative estimate of drug-likeness (QED) is 0.184. The molecule has 232 valence electrons. The Morgan fingerprint density at radius 2 is 1.02 bits per heavy atom. The zero-order valence-corrected chi connectivity index (χ0v) is 28.3. The van der Waals surface area contributed by atoms with Crippen LogP contribution in [0.4, 0.5) is 17.1 Å². The summed E-state index contributed by atoms with van der Waals surface area (Å²) in [5.41, 5.74) is 11.3. The van der Waals surface area contributed by atoms with Gasteiger partial charge in [-0.15, -0.1) is 11.3 Å². The van der Waals surface area contributed by atoms with Gasteiger partial charge in [0, 0.05) is 42.1 Å². The smallest absolute Gasteiger partial charge is 0.0543 e. The van der Waals surface area contributed by atoms with Crippen molar-refractivity contribution < 1.29 is 0 Å². The third-order valence-electron chi connectivity index (χ3n) is 10.7. The highest BCUT2D eigenvalue weighted by atomic mass is 32.1. The maximum Gasteiger partial charge on any atom is 0.0543 e. The van der Waals surface area contributed by atoms with Gasteiger partial charge in [0.1, 0.15) is 0 Å². The van der Waals surface area contributed by atoms with Crippen LogP contribution in [0.5, 0.6) is 0 Å². The molecule has 1 heterocycles. The molecule has 0 amide bonds. The molecule has 0 spiro atoms. The number of hydrogen-bond donors (Lipinski definition) is 0. The van der Waals surface area contributed by atoms with Crippen LogP contribution in [-0.4, -0.2) is 0 Å². The number of nitrogens with zero attached hydrogens (tertiary/aromatic N) is 1. The van der Waals surface area contributed by atoms with Crippen LogP contribution in [0.15, 0.2) is 164 Å². The molecule has 2 heteroatoms. The first-order valence-corrected chi connectivity index (χ1v) is 17.8. The highest BCUT2D eigenvalue weighted by Crippen LogP contribution is 2.56. The van der Waals surface area contributed by atoms with Gasteiger partial charge in [-0.25, -0.2) is 0 Å². The molecule has 9 aromatic rings. The molecule has 10 rings (SSSR count). The third kappa shape index (κ3) is 4.11. The molecule has 0 unspecified atom stereocenters. The van der Waals surface area contributed by atoms with E-state index in [1.54, 1.807) is 0 Å². The summed E-state index contributed by atoms with van der Waals surface area (Å²) in [5.74, 6) is 0. The number of benzene rings is 8. The average Bonchev–Trinajstić information content (AvgIpc) is 3.65. The van der Waals surface area contributed by atoms with E-state index in [2.05, 4.69) is 183 Å². The van der Waals surface area contributed by atoms with Gasteiger partial charge in [0.2, 0.25) is 0 Å². The van der Waals surface area contributed by atoms with Gasteiger partial charge in [0.15, 0.2) is 0 Å². The summed E-state index contributed by atoms with van der Waals surface area (Å²) < 4.78 is 2.65. The van der Waals surface area contributed by atoms with E-state index >= 15 is 0 Å². The Labute approximate surface area is 290 Å². The molecule has 0 aliphatic heterocycles. The molecule has 0 radical (unpaired) electrons. The normalized spacial score (nSPS) is 13.3. The molecule has 1 nitrogen and oxygen atoms in total. The van der Waals surface area contributed by atoms with E-state index in [-0.39, 0.29) is 5.41 Å². The van der Waals surface area contributed by atoms with Crippen LogP contribution < -0.4 is 4.90 Å². The van der Waals surface area contributed by atoms with Gasteiger partial charge >= 0.3 is 0 Å². The summed E-state index contributed by atoms with van der Waals surface area (Å²) in [6.45, 7) is 4.73. The summed E-state index contributed by atoms with van der Waals surface area (Å²) in [6.07, 6.45) is 0. The first kappa shape index (κ1) is 28.3. The SMILES string of the molecule is CC1(C)c2ccccc2-c2c(N(c3ccccc3-c3cccc4ccccc34)c3cccc4c3ccc3sc5ccccc5c34)cccc21. The van der Waals surface area contributed by atoms with E-state index in [1.807, 2.05) is 11.3 Å². The van der Waals surface area contributed by atoms with Crippen molar-refractivity contribution in [2.75, 3.05) is 4.90 Å². The molecule has 1 aliphatic rings. The fraction of sp³-hybridized carbons (Fsp3) is 0.0638. The topological polar surface area (TPSA) is 3.24 Å². The molecule has 0 N–H and O–H groups in total. The highest BCUT2D eigenvalue weighted by Gasteiger charge is 2.38. The van der Waals surface area contributed by atoms with Crippen molar-refractivity contribution in [1.29, 1.82) is 0 Å². The first-order chi connectivity index (χ1) is 24.1. The van der Waals surface area contributed by atoms with E-state index in [0.29, 0.717) is 0 Å². The van der Waals surface area contributed by atoms with Crippen molar-refractivity contribution in [1.82, 2.24) is 0 Å². The lowest BCUT2D eigenvalue weighted by atomic mass is 9.82. The van der Waals surface area contributed by atoms with Gasteiger partial charge < -0.3 is 4.90 Å². The lowest BCUT2D eigenvalue weighted by Gasteiger charge is -2.31. The molecule has 1 aliphatic carbocycles. The monoisotopic (exact) mass is 643 g/mol. The van der Waals surface area contributed by atoms with Crippen LogP contribution in [0.2, 0.25) is 0 Å². The predicted octanol–water partition coefficient (Wildman–Crippen LogP) is 13.8. The maximum absolute atomic E-state index is 2.55. The molecule has 0 saturated heterocycles. The highest BCUT2D eigenvalue weighted by molar-refractivity contribution is 7.26. The van der Waals surface area contributed by atoms with Crippen molar-refractivity contribution in [3.63, 3.8) is 0 Å². The minimum absolute atomic E-state index is 0.108. The van der Waals surface area contributed by atoms with Crippen molar-refractivity contribution >= 4 is 70.1 Å². The second-order valence-electron chi connectivity index (χ2n) is 13.7. The molecular formula is C47H33NS. The van der Waals surface area contributed by atoms with Crippen LogP contribution in [0, 0.1) is 0 Å². The molecule has 0 bridgehead atoms. The molecular weight excluding hydrogens is 611 g/mol. The van der Waals surface area contributed by atoms with Gasteiger partial charge in [-0.3, -0.25) is 0 Å². The lowest BCUT2D eigenvalue weighted by molar-refractivity contribution is 0.660. The Balaban J connectivity index is 1.33. The van der Waals surface area contributed by atoms with Gasteiger partial charge in [0.25, 0.3) is 0 Å². The van der Waals surface area contributed by atoms with Crippen LogP contribution >= 0.6 is 11.3 Å². The molecule has 0 fully saturated rings. The third-order valence-corrected chi connectivity index (χ3v) is 11.8. The lowest BCUT2D eigenvalue weighted by Crippen LogP contribution is -2.16. The second kappa shape index (κ2) is 10.7. The van der Waals surface area contributed by atoms with Crippen LogP contribution in [0.3, 0.4) is 0 Å². The zero-order valence-electron chi connectivity index (χ0n) is 27.4. The minimum atomic E-state index is -0.108. The summed E-state index contributed by atoms with van der Waals surface area (Å²) in [7, 11) is 0. The van der Waals surface area contributed by atoms with Gasteiger partial charge in [-0.1, -0.05) is 147 Å². The van der Waals surface area contributed by atoms with E-state index < -0.39 is 0 Å². The van der Waals surface area contributed by atoms with Crippen molar-refractivity contribution in [3.05, 3.63) is 175 Å². The van der Waals surface area contributed by atoms with Crippen LogP contribution in [0.25, 0.3) is 64.0 Å². The summed E-state index contributed by atoms with van der Waals surface area (Å²) in [5, 5.41) is 7.69. The van der Waals surface area contributed by atoms with Gasteiger partial charge in [-0.05, 0) is 68.7 Å². The molecule has 1 aromatic heterocycles. The van der Waals surface area contributed by atoms with E-state index in [1.165, 1.54) is 86.5 Å². The maximum atomic E-state index is 2.55. The molecule has 49 heavy (non-hydrogen) atoms. The van der Waals surface area contributed by atoms with Crippen molar-refractivity contribution in [3.8, 4) is 22.3 Å². The summed E-state index contributed by atoms with van der Waals surface area (Å²) >= 11 is 1.88. The Morgan fingerprint density at radius 1 is 0.408 bits per heavy atom. The molecule has 0 atom stereocenters. The second-order valence-corrected chi connectivity index (χ2v) is 14.7. The van der Waals surface area contributed by atoms with Crippen LogP contribution in [-0.2, 0) is 5.41 Å². The van der Waals surface area contributed by atoms with E-state index in [9.17, 15) is 0 Å². The number of anilines is 3. The average molecular weight is 644 g/mol. The van der Waals surface area contributed by atoms with E-state index in [0.717, 1.165) is 5.69 Å². The fourth-order valence-corrected chi connectivity index (χ4v) is 9.55. The number of rotatable bonds is 4. The van der Waals surface area contributed by atoms with E-state index in [4.69, 9.17) is 0 Å². The van der Waals surface area contributed by atoms with Gasteiger partial charge in [0.05, 0.1) is 17.1 Å². The number of para-hydroxylation sites is 1. The van der Waals surface area contributed by atoms with Crippen molar-refractivity contribution in [2.45, 2.75) is 19.3 Å².